The maximum Gasteiger partial charge on any atom is 0.224 e. The number of rotatable bonds is 4. The number of nitrogens with one attached hydrogen (secondary N) is 2. The van der Waals surface area contributed by atoms with Crippen LogP contribution in [0.2, 0.25) is 10.0 Å². The van der Waals surface area contributed by atoms with Gasteiger partial charge in [-0.3, -0.25) is 4.98 Å². The number of hydrogen-bond donors (Lipinski definition) is 2. The van der Waals surface area contributed by atoms with E-state index in [1.807, 2.05) is 18.2 Å². The number of benzene rings is 1. The zero-order valence-electron chi connectivity index (χ0n) is 12.2. The lowest BCUT2D eigenvalue weighted by atomic mass is 10.2. The summed E-state index contributed by atoms with van der Waals surface area (Å²) < 4.78 is 0. The van der Waals surface area contributed by atoms with Crippen molar-refractivity contribution in [1.29, 1.82) is 0 Å². The number of pyridine rings is 1. The number of aromatic nitrogens is 3. The summed E-state index contributed by atoms with van der Waals surface area (Å²) in [6, 6.07) is 10.9. The van der Waals surface area contributed by atoms with Crippen LogP contribution in [0.3, 0.4) is 0 Å². The molecule has 0 bridgehead atoms. The van der Waals surface area contributed by atoms with Crippen molar-refractivity contribution in [3.8, 4) is 11.3 Å². The van der Waals surface area contributed by atoms with Gasteiger partial charge in [0.15, 0.2) is 0 Å². The molecule has 7 heteroatoms. The lowest BCUT2D eigenvalue weighted by Gasteiger charge is -2.10. The van der Waals surface area contributed by atoms with Gasteiger partial charge in [-0.25, -0.2) is 4.98 Å². The van der Waals surface area contributed by atoms with Gasteiger partial charge in [-0.2, -0.15) is 4.98 Å². The maximum absolute atomic E-state index is 6.03. The molecule has 2 N–H and O–H groups in total. The SMILES string of the molecule is CNc1nc(Nc2cc(Cl)cc(Cl)c2)cc(-c2ccncc2)n1. The minimum Gasteiger partial charge on any atom is -0.357 e. The van der Waals surface area contributed by atoms with Crippen LogP contribution in [0.4, 0.5) is 17.5 Å². The van der Waals surface area contributed by atoms with Crippen molar-refractivity contribution in [2.45, 2.75) is 0 Å². The minimum absolute atomic E-state index is 0.509. The first-order valence-electron chi connectivity index (χ1n) is 6.84. The molecule has 2 heterocycles. The van der Waals surface area contributed by atoms with Crippen LogP contribution in [-0.2, 0) is 0 Å². The number of anilines is 3. The van der Waals surface area contributed by atoms with Crippen LogP contribution in [0, 0.1) is 0 Å². The van der Waals surface area contributed by atoms with E-state index in [9.17, 15) is 0 Å². The largest absolute Gasteiger partial charge is 0.357 e. The topological polar surface area (TPSA) is 62.7 Å². The van der Waals surface area contributed by atoms with Gasteiger partial charge in [0.1, 0.15) is 5.82 Å². The third-order valence-corrected chi connectivity index (χ3v) is 3.50. The molecule has 1 aromatic carbocycles. The lowest BCUT2D eigenvalue weighted by Crippen LogP contribution is -2.02. The third kappa shape index (κ3) is 3.88. The highest BCUT2D eigenvalue weighted by atomic mass is 35.5. The molecule has 5 nitrogen and oxygen atoms in total. The van der Waals surface area contributed by atoms with E-state index in [1.54, 1.807) is 37.6 Å². The number of hydrogen-bond acceptors (Lipinski definition) is 5. The predicted molar refractivity (Wildman–Crippen MR) is 94.6 cm³/mol. The standard InChI is InChI=1S/C16H13Cl2N5/c1-19-16-22-14(10-2-4-20-5-3-10)9-15(23-16)21-13-7-11(17)6-12(18)8-13/h2-9H,1H3,(H2,19,21,22,23). The second-order valence-electron chi connectivity index (χ2n) is 4.73. The Morgan fingerprint density at radius 1 is 0.913 bits per heavy atom. The molecular formula is C16H13Cl2N5. The molecule has 0 atom stereocenters. The summed E-state index contributed by atoms with van der Waals surface area (Å²) in [6.07, 6.45) is 3.45. The maximum atomic E-state index is 6.03. The van der Waals surface area contributed by atoms with E-state index in [0.717, 1.165) is 16.9 Å². The Hall–Kier alpha value is -2.37. The van der Waals surface area contributed by atoms with Gasteiger partial charge < -0.3 is 10.6 Å². The molecule has 0 amide bonds. The Morgan fingerprint density at radius 3 is 2.26 bits per heavy atom. The molecule has 0 saturated heterocycles. The van der Waals surface area contributed by atoms with Crippen molar-refractivity contribution in [2.75, 3.05) is 17.7 Å². The molecule has 0 aliphatic heterocycles. The smallest absolute Gasteiger partial charge is 0.224 e. The zero-order valence-corrected chi connectivity index (χ0v) is 13.7. The minimum atomic E-state index is 0.509. The van der Waals surface area contributed by atoms with Crippen molar-refractivity contribution in [3.63, 3.8) is 0 Å². The highest BCUT2D eigenvalue weighted by Gasteiger charge is 2.07. The van der Waals surface area contributed by atoms with Gasteiger partial charge in [-0.15, -0.1) is 0 Å². The van der Waals surface area contributed by atoms with E-state index in [4.69, 9.17) is 23.2 Å². The molecule has 0 saturated carbocycles. The Labute approximate surface area is 143 Å². The molecule has 23 heavy (non-hydrogen) atoms. The zero-order chi connectivity index (χ0) is 16.2. The van der Waals surface area contributed by atoms with Crippen molar-refractivity contribution < 1.29 is 0 Å². The van der Waals surface area contributed by atoms with E-state index >= 15 is 0 Å². The lowest BCUT2D eigenvalue weighted by molar-refractivity contribution is 1.15. The summed E-state index contributed by atoms with van der Waals surface area (Å²) in [5.41, 5.74) is 2.48. The van der Waals surface area contributed by atoms with Crippen LogP contribution in [0.25, 0.3) is 11.3 Å². The van der Waals surface area contributed by atoms with Gasteiger partial charge in [-0.05, 0) is 30.3 Å². The van der Waals surface area contributed by atoms with Crippen molar-refractivity contribution in [2.24, 2.45) is 0 Å². The molecule has 0 radical (unpaired) electrons. The van der Waals surface area contributed by atoms with Gasteiger partial charge >= 0.3 is 0 Å². The summed E-state index contributed by atoms with van der Waals surface area (Å²) in [5, 5.41) is 7.26. The van der Waals surface area contributed by atoms with E-state index in [1.165, 1.54) is 0 Å². The summed E-state index contributed by atoms with van der Waals surface area (Å²) in [4.78, 5) is 12.9. The van der Waals surface area contributed by atoms with Crippen LogP contribution < -0.4 is 10.6 Å². The quantitative estimate of drug-likeness (QED) is 0.721. The molecule has 0 aliphatic rings. The molecule has 0 spiro atoms. The van der Waals surface area contributed by atoms with Crippen LogP contribution in [-0.4, -0.2) is 22.0 Å². The first-order chi connectivity index (χ1) is 11.1. The van der Waals surface area contributed by atoms with E-state index < -0.39 is 0 Å². The second-order valence-corrected chi connectivity index (χ2v) is 5.60. The molecule has 0 fully saturated rings. The fourth-order valence-corrected chi connectivity index (χ4v) is 2.59. The molecule has 3 aromatic rings. The normalized spacial score (nSPS) is 10.4. The highest BCUT2D eigenvalue weighted by molar-refractivity contribution is 6.35. The van der Waals surface area contributed by atoms with Crippen LogP contribution >= 0.6 is 23.2 Å². The Bertz CT molecular complexity index is 804. The van der Waals surface area contributed by atoms with Crippen LogP contribution in [0.1, 0.15) is 0 Å². The van der Waals surface area contributed by atoms with Gasteiger partial charge in [0.2, 0.25) is 5.95 Å². The van der Waals surface area contributed by atoms with Crippen molar-refractivity contribution >= 4 is 40.7 Å². The summed E-state index contributed by atoms with van der Waals surface area (Å²) in [5.74, 6) is 1.14. The van der Waals surface area contributed by atoms with Gasteiger partial charge in [0.25, 0.3) is 0 Å². The third-order valence-electron chi connectivity index (χ3n) is 3.06. The summed E-state index contributed by atoms with van der Waals surface area (Å²) in [7, 11) is 1.77. The Balaban J connectivity index is 1.98. The first kappa shape index (κ1) is 15.5. The van der Waals surface area contributed by atoms with E-state index in [0.29, 0.717) is 21.8 Å². The van der Waals surface area contributed by atoms with Gasteiger partial charge in [-0.1, -0.05) is 23.2 Å². The molecule has 0 aliphatic carbocycles. The van der Waals surface area contributed by atoms with Gasteiger partial charge in [0, 0.05) is 46.8 Å². The predicted octanol–water partition coefficient (Wildman–Crippen LogP) is 4.63. The van der Waals surface area contributed by atoms with Gasteiger partial charge in [0.05, 0.1) is 5.69 Å². The Kier molecular flexibility index (Phi) is 4.60. The highest BCUT2D eigenvalue weighted by Crippen LogP contribution is 2.27. The number of nitrogens with zero attached hydrogens (tertiary/aromatic N) is 3. The average molecular weight is 346 g/mol. The number of halogens is 2. The van der Waals surface area contributed by atoms with Crippen LogP contribution in [0.15, 0.2) is 48.8 Å². The van der Waals surface area contributed by atoms with E-state index in [2.05, 4.69) is 25.6 Å². The average Bonchev–Trinajstić information content (AvgIpc) is 2.54. The fraction of sp³-hybridized carbons (Fsp3) is 0.0625. The molecule has 0 unspecified atom stereocenters. The first-order valence-corrected chi connectivity index (χ1v) is 7.60. The second kappa shape index (κ2) is 6.81. The molecule has 3 rings (SSSR count). The summed E-state index contributed by atoms with van der Waals surface area (Å²) >= 11 is 12.1. The monoisotopic (exact) mass is 345 g/mol. The molecular weight excluding hydrogens is 333 g/mol. The summed E-state index contributed by atoms with van der Waals surface area (Å²) in [6.45, 7) is 0. The van der Waals surface area contributed by atoms with Crippen LogP contribution in [0.5, 0.6) is 0 Å². The Morgan fingerprint density at radius 2 is 1.61 bits per heavy atom. The van der Waals surface area contributed by atoms with Crippen molar-refractivity contribution in [1.82, 2.24) is 15.0 Å². The molecule has 116 valence electrons. The van der Waals surface area contributed by atoms with Crippen molar-refractivity contribution in [3.05, 3.63) is 58.8 Å². The van der Waals surface area contributed by atoms with E-state index in [-0.39, 0.29) is 0 Å². The fourth-order valence-electron chi connectivity index (χ4n) is 2.07. The molecule has 2 aromatic heterocycles.